The molecule has 0 spiro atoms. The molecule has 0 saturated carbocycles. The smallest absolute Gasteiger partial charge is 0.333 e. The van der Waals surface area contributed by atoms with Gasteiger partial charge < -0.3 is 19.0 Å². The Balaban J connectivity index is 0.000000181. The number of oxazole rings is 1. The molecule has 0 unspecified atom stereocenters. The van der Waals surface area contributed by atoms with E-state index in [4.69, 9.17) is 9.15 Å². The molecule has 2 saturated heterocycles. The fraction of sp³-hybridized carbons (Fsp3) is 0.241. The fourth-order valence-electron chi connectivity index (χ4n) is 3.84. The first-order chi connectivity index (χ1) is 18.7. The van der Waals surface area contributed by atoms with E-state index in [0.717, 1.165) is 33.0 Å². The van der Waals surface area contributed by atoms with Gasteiger partial charge in [-0.2, -0.15) is 0 Å². The summed E-state index contributed by atoms with van der Waals surface area (Å²) < 4.78 is 11.0. The van der Waals surface area contributed by atoms with Crippen LogP contribution < -0.4 is 4.90 Å². The van der Waals surface area contributed by atoms with E-state index in [2.05, 4.69) is 34.1 Å². The highest BCUT2D eigenvalue weighted by atomic mass is 16.5. The molecule has 0 bridgehead atoms. The number of allylic oxidation sites excluding steroid dienone is 2. The molecule has 0 radical (unpaired) electrons. The van der Waals surface area contributed by atoms with Crippen LogP contribution in [0.25, 0.3) is 23.3 Å². The lowest BCUT2D eigenvalue weighted by atomic mass is 10.1. The second-order valence-electron chi connectivity index (χ2n) is 9.21. The number of barbiturate groups is 1. The van der Waals surface area contributed by atoms with Crippen LogP contribution in [0.15, 0.2) is 76.6 Å². The highest BCUT2D eigenvalue weighted by Crippen LogP contribution is 2.19. The van der Waals surface area contributed by atoms with E-state index < -0.39 is 17.8 Å². The lowest BCUT2D eigenvalue weighted by Gasteiger charge is -2.28. The van der Waals surface area contributed by atoms with Gasteiger partial charge in [-0.05, 0) is 48.1 Å². The van der Waals surface area contributed by atoms with Crippen molar-refractivity contribution in [2.24, 2.45) is 0 Å². The third-order valence-electron chi connectivity index (χ3n) is 6.23. The number of nitrogens with zero attached hydrogens (tertiary/aromatic N) is 5. The van der Waals surface area contributed by atoms with Crippen LogP contribution in [0.3, 0.4) is 0 Å². The van der Waals surface area contributed by atoms with Gasteiger partial charge in [-0.3, -0.25) is 19.4 Å². The minimum Gasteiger partial charge on any atom is -0.477 e. The van der Waals surface area contributed by atoms with Gasteiger partial charge in [0.2, 0.25) is 5.89 Å². The minimum atomic E-state index is -0.631. The summed E-state index contributed by atoms with van der Waals surface area (Å²) in [5, 5.41) is 0. The first-order valence-corrected chi connectivity index (χ1v) is 12.3. The summed E-state index contributed by atoms with van der Waals surface area (Å²) in [5.74, 6) is 0.00870. The molecule has 2 fully saturated rings. The third kappa shape index (κ3) is 6.18. The normalized spacial score (nSPS) is 16.7. The van der Waals surface area contributed by atoms with Gasteiger partial charge in [0.25, 0.3) is 11.8 Å². The lowest BCUT2D eigenvalue weighted by Crippen LogP contribution is -2.53. The van der Waals surface area contributed by atoms with E-state index in [1.54, 1.807) is 6.08 Å². The molecule has 10 nitrogen and oxygen atoms in total. The Hall–Kier alpha value is -4.86. The average Bonchev–Trinajstić information content (AvgIpc) is 3.55. The number of rotatable bonds is 4. The highest BCUT2D eigenvalue weighted by molar-refractivity contribution is 6.28. The summed E-state index contributed by atoms with van der Waals surface area (Å²) in [6, 6.07) is 15.5. The van der Waals surface area contributed by atoms with Crippen molar-refractivity contribution in [1.29, 1.82) is 0 Å². The van der Waals surface area contributed by atoms with Crippen LogP contribution in [0.2, 0.25) is 0 Å². The van der Waals surface area contributed by atoms with Crippen LogP contribution in [0, 0.1) is 0 Å². The molecule has 0 N–H and O–H groups in total. The van der Waals surface area contributed by atoms with Crippen LogP contribution in [0.1, 0.15) is 11.5 Å². The molecule has 2 aliphatic heterocycles. The largest absolute Gasteiger partial charge is 0.477 e. The quantitative estimate of drug-likeness (QED) is 0.372. The van der Waals surface area contributed by atoms with Crippen LogP contribution in [-0.2, 0) is 14.3 Å². The van der Waals surface area contributed by atoms with Crippen LogP contribution in [-0.4, -0.2) is 85.9 Å². The second kappa shape index (κ2) is 11.7. The summed E-state index contributed by atoms with van der Waals surface area (Å²) in [4.78, 5) is 45.5. The van der Waals surface area contributed by atoms with E-state index >= 15 is 0 Å². The number of hydrogen-bond donors (Lipinski definition) is 0. The number of likely N-dealkylation sites (N-methyl/N-ethyl adjacent to an activating group) is 3. The summed E-state index contributed by atoms with van der Waals surface area (Å²) in [5.41, 5.74) is 3.95. The van der Waals surface area contributed by atoms with E-state index in [1.807, 2.05) is 62.5 Å². The SMILES string of the molecule is CN(C)c1ccc(C=Cc2nc3ccccc3o2)cc1.CN1CCOC1=CC=C1C(=O)N(C)C(=O)N(C)C1=O. The summed E-state index contributed by atoms with van der Waals surface area (Å²) >= 11 is 0. The van der Waals surface area contributed by atoms with Gasteiger partial charge in [0.1, 0.15) is 17.7 Å². The van der Waals surface area contributed by atoms with E-state index in [-0.39, 0.29) is 5.57 Å². The zero-order valence-corrected chi connectivity index (χ0v) is 22.6. The number of urea groups is 1. The molecule has 202 valence electrons. The van der Waals surface area contributed by atoms with E-state index in [9.17, 15) is 14.4 Å². The number of fused-ring (bicyclic) bond motifs is 1. The molecule has 2 aromatic carbocycles. The number of imide groups is 2. The number of benzene rings is 2. The molecule has 3 aromatic rings. The first-order valence-electron chi connectivity index (χ1n) is 12.3. The molecule has 0 atom stereocenters. The highest BCUT2D eigenvalue weighted by Gasteiger charge is 2.37. The van der Waals surface area contributed by atoms with Crippen LogP contribution in [0.5, 0.6) is 0 Å². The molecule has 5 rings (SSSR count). The molecule has 39 heavy (non-hydrogen) atoms. The molecule has 4 amide bonds. The number of anilines is 1. The molecule has 3 heterocycles. The number of para-hydroxylation sites is 2. The number of carbonyl (C=O) groups excluding carboxylic acids is 3. The Morgan fingerprint density at radius 2 is 1.54 bits per heavy atom. The van der Waals surface area contributed by atoms with Gasteiger partial charge in [0, 0.05) is 47.0 Å². The predicted octanol–water partition coefficient (Wildman–Crippen LogP) is 3.83. The first kappa shape index (κ1) is 27.2. The zero-order chi connectivity index (χ0) is 28.1. The predicted molar refractivity (Wildman–Crippen MR) is 149 cm³/mol. The standard InChI is InChI=1S/C17H16N2O.C12H15N3O4/c1-19(2)14-10-7-13(8-11-14)9-12-17-18-15-5-3-4-6-16(15)20-17;1-13-6-7-19-9(13)5-4-8-10(16)14(2)12(18)15(3)11(8)17/h3-12H,1-2H3;4-5H,6-7H2,1-3H3. The van der Waals surface area contributed by atoms with Crippen LogP contribution >= 0.6 is 0 Å². The van der Waals surface area contributed by atoms with Crippen molar-refractivity contribution in [2.45, 2.75) is 0 Å². The van der Waals surface area contributed by atoms with Crippen molar-refractivity contribution in [3.05, 3.63) is 83.6 Å². The summed E-state index contributed by atoms with van der Waals surface area (Å²) in [6.45, 7) is 1.33. The number of carbonyl (C=O) groups is 3. The number of amides is 4. The second-order valence-corrected chi connectivity index (χ2v) is 9.21. The number of hydrogen-bond acceptors (Lipinski definition) is 8. The molecular formula is C29H31N5O5. The van der Waals surface area contributed by atoms with E-state index in [0.29, 0.717) is 18.4 Å². The van der Waals surface area contributed by atoms with E-state index in [1.165, 1.54) is 25.9 Å². The fourth-order valence-corrected chi connectivity index (χ4v) is 3.84. The van der Waals surface area contributed by atoms with Crippen molar-refractivity contribution < 1.29 is 23.5 Å². The Labute approximate surface area is 227 Å². The van der Waals surface area contributed by atoms with Gasteiger partial charge in [-0.1, -0.05) is 24.3 Å². The van der Waals surface area contributed by atoms with Crippen molar-refractivity contribution in [1.82, 2.24) is 19.7 Å². The Bertz CT molecular complexity index is 1410. The lowest BCUT2D eigenvalue weighted by molar-refractivity contribution is -0.134. The average molecular weight is 530 g/mol. The van der Waals surface area contributed by atoms with Gasteiger partial charge in [0.15, 0.2) is 11.5 Å². The monoisotopic (exact) mass is 529 g/mol. The maximum atomic E-state index is 11.9. The topological polar surface area (TPSA) is 99.4 Å². The van der Waals surface area contributed by atoms with Crippen molar-refractivity contribution >= 4 is 46.8 Å². The molecule has 2 aliphatic rings. The zero-order valence-electron chi connectivity index (χ0n) is 22.6. The van der Waals surface area contributed by atoms with Gasteiger partial charge in [-0.25, -0.2) is 9.78 Å². The summed E-state index contributed by atoms with van der Waals surface area (Å²) in [6.07, 6.45) is 6.85. The Morgan fingerprint density at radius 1 is 0.872 bits per heavy atom. The number of aromatic nitrogens is 1. The molecule has 1 aromatic heterocycles. The van der Waals surface area contributed by atoms with Crippen molar-refractivity contribution in [3.8, 4) is 0 Å². The van der Waals surface area contributed by atoms with Crippen molar-refractivity contribution in [3.63, 3.8) is 0 Å². The van der Waals surface area contributed by atoms with Gasteiger partial charge in [0.05, 0.1) is 6.54 Å². The molecule has 0 aliphatic carbocycles. The number of ether oxygens (including phenoxy) is 1. The maximum absolute atomic E-state index is 11.9. The minimum absolute atomic E-state index is 0.0546. The molecular weight excluding hydrogens is 498 g/mol. The van der Waals surface area contributed by atoms with Crippen molar-refractivity contribution in [2.75, 3.05) is 53.3 Å². The van der Waals surface area contributed by atoms with Gasteiger partial charge in [-0.15, -0.1) is 0 Å². The Morgan fingerprint density at radius 3 is 2.13 bits per heavy atom. The van der Waals surface area contributed by atoms with Gasteiger partial charge >= 0.3 is 6.03 Å². The Kier molecular flexibility index (Phi) is 8.14. The molecule has 10 heteroatoms. The summed E-state index contributed by atoms with van der Waals surface area (Å²) in [7, 11) is 8.59. The third-order valence-corrected chi connectivity index (χ3v) is 6.23. The maximum Gasteiger partial charge on any atom is 0.333 e. The van der Waals surface area contributed by atoms with Crippen LogP contribution in [0.4, 0.5) is 10.5 Å².